The van der Waals surface area contributed by atoms with E-state index in [1.54, 1.807) is 0 Å². The van der Waals surface area contributed by atoms with E-state index in [4.69, 9.17) is 4.74 Å². The number of ketones is 1. The summed E-state index contributed by atoms with van der Waals surface area (Å²) in [5, 5.41) is -0.178. The van der Waals surface area contributed by atoms with Gasteiger partial charge in [0.2, 0.25) is 0 Å². The van der Waals surface area contributed by atoms with Gasteiger partial charge in [0.15, 0.2) is 11.6 Å². The van der Waals surface area contributed by atoms with Crippen LogP contribution in [0.5, 0.6) is 0 Å². The van der Waals surface area contributed by atoms with Crippen molar-refractivity contribution in [1.29, 1.82) is 0 Å². The highest BCUT2D eigenvalue weighted by Gasteiger charge is 2.31. The minimum atomic E-state index is -4.71. The molecule has 0 saturated carbocycles. The maximum Gasteiger partial charge on any atom is 0.269 e. The molecule has 2 rings (SSSR count). The molecule has 0 radical (unpaired) electrons. The number of halogens is 4. The number of benzene rings is 2. The number of methoxy groups -OCH3 is 1. The van der Waals surface area contributed by atoms with Crippen molar-refractivity contribution in [3.63, 3.8) is 0 Å². The number of carbonyl (C=O) groups is 1. The van der Waals surface area contributed by atoms with E-state index in [9.17, 15) is 26.4 Å². The Morgan fingerprint density at radius 2 is 1.88 bits per heavy atom. The molecule has 0 atom stereocenters. The van der Waals surface area contributed by atoms with Crippen molar-refractivity contribution in [1.82, 2.24) is 0 Å². The highest BCUT2D eigenvalue weighted by Crippen LogP contribution is 2.29. The van der Waals surface area contributed by atoms with Gasteiger partial charge >= 0.3 is 0 Å². The van der Waals surface area contributed by atoms with Crippen LogP contribution < -0.4 is 4.31 Å². The van der Waals surface area contributed by atoms with Gasteiger partial charge in [-0.3, -0.25) is 4.79 Å². The van der Waals surface area contributed by atoms with Gasteiger partial charge in [-0.2, -0.15) is 0 Å². The first-order valence-corrected chi connectivity index (χ1v) is 9.64. The number of carbonyl (C=O) groups excluding carboxylic acids is 1. The van der Waals surface area contributed by atoms with E-state index < -0.39 is 50.6 Å². The third-order valence-corrected chi connectivity index (χ3v) is 5.64. The summed E-state index contributed by atoms with van der Waals surface area (Å²) < 4.78 is 72.9. The van der Waals surface area contributed by atoms with Crippen molar-refractivity contribution in [2.45, 2.75) is 4.90 Å². The lowest BCUT2D eigenvalue weighted by Gasteiger charge is -2.24. The number of Topliss-reactive ketones (excluding diaryl/α,β-unsaturated/α-hetero) is 1. The first-order chi connectivity index (χ1) is 12.2. The number of anilines is 1. The van der Waals surface area contributed by atoms with Gasteiger partial charge < -0.3 is 4.74 Å². The van der Waals surface area contributed by atoms with Crippen LogP contribution in [0.4, 0.5) is 18.9 Å². The van der Waals surface area contributed by atoms with Crippen molar-refractivity contribution in [3.05, 3.63) is 59.4 Å². The molecular formula is C16H13BrF3NO4S. The zero-order valence-corrected chi connectivity index (χ0v) is 15.8. The van der Waals surface area contributed by atoms with Crippen LogP contribution in [0.15, 0.2) is 41.3 Å². The number of hydrogen-bond donors (Lipinski definition) is 0. The molecule has 2 aromatic rings. The van der Waals surface area contributed by atoms with Crippen LogP contribution in [0.3, 0.4) is 0 Å². The molecular weight excluding hydrogens is 439 g/mol. The van der Waals surface area contributed by atoms with Gasteiger partial charge in [-0.05, 0) is 30.3 Å². The summed E-state index contributed by atoms with van der Waals surface area (Å²) in [4.78, 5) is 10.8. The van der Waals surface area contributed by atoms with Crippen molar-refractivity contribution in [2.75, 3.05) is 23.5 Å². The Morgan fingerprint density at radius 1 is 1.19 bits per heavy atom. The molecule has 140 valence electrons. The predicted molar refractivity (Wildman–Crippen MR) is 92.4 cm³/mol. The van der Waals surface area contributed by atoms with Crippen molar-refractivity contribution >= 4 is 37.4 Å². The van der Waals surface area contributed by atoms with Crippen LogP contribution in [0.1, 0.15) is 10.4 Å². The molecule has 0 saturated heterocycles. The van der Waals surface area contributed by atoms with Crippen molar-refractivity contribution < 1.29 is 31.1 Å². The summed E-state index contributed by atoms with van der Waals surface area (Å²) in [5.41, 5.74) is -0.877. The van der Waals surface area contributed by atoms with Crippen LogP contribution in [0.25, 0.3) is 0 Å². The lowest BCUT2D eigenvalue weighted by molar-refractivity contribution is 0.102. The quantitative estimate of drug-likeness (QED) is 0.367. The molecule has 2 aromatic carbocycles. The molecule has 0 aliphatic heterocycles. The van der Waals surface area contributed by atoms with Crippen molar-refractivity contribution in [3.8, 4) is 0 Å². The van der Waals surface area contributed by atoms with E-state index >= 15 is 0 Å². The zero-order valence-electron chi connectivity index (χ0n) is 13.4. The highest BCUT2D eigenvalue weighted by atomic mass is 79.9. The molecule has 0 heterocycles. The van der Waals surface area contributed by atoms with Gasteiger partial charge in [-0.1, -0.05) is 22.0 Å². The largest absolute Gasteiger partial charge is 0.363 e. The van der Waals surface area contributed by atoms with Gasteiger partial charge in [0.05, 0.1) is 16.6 Å². The van der Waals surface area contributed by atoms with Crippen molar-refractivity contribution in [2.24, 2.45) is 0 Å². The summed E-state index contributed by atoms with van der Waals surface area (Å²) in [6.07, 6.45) is 0. The minimum Gasteiger partial charge on any atom is -0.363 e. The summed E-state index contributed by atoms with van der Waals surface area (Å²) in [6, 6.07) is 5.43. The monoisotopic (exact) mass is 451 g/mol. The van der Waals surface area contributed by atoms with Gasteiger partial charge in [0.1, 0.15) is 23.3 Å². The summed E-state index contributed by atoms with van der Waals surface area (Å²) in [7, 11) is -3.56. The summed E-state index contributed by atoms with van der Waals surface area (Å²) in [5.74, 6) is -3.92. The predicted octanol–water partition coefficient (Wildman–Crippen LogP) is 3.48. The smallest absolute Gasteiger partial charge is 0.269 e. The Kier molecular flexibility index (Phi) is 6.43. The fourth-order valence-corrected chi connectivity index (χ4v) is 3.94. The van der Waals surface area contributed by atoms with E-state index in [0.29, 0.717) is 16.4 Å². The molecule has 0 amide bonds. The molecule has 10 heteroatoms. The van der Waals surface area contributed by atoms with Gasteiger partial charge in [0.25, 0.3) is 10.0 Å². The fraction of sp³-hybridized carbons (Fsp3) is 0.188. The molecule has 5 nitrogen and oxygen atoms in total. The van der Waals surface area contributed by atoms with E-state index in [-0.39, 0.29) is 10.9 Å². The molecule has 0 bridgehead atoms. The Balaban J connectivity index is 2.66. The molecule has 0 aliphatic carbocycles. The highest BCUT2D eigenvalue weighted by molar-refractivity contribution is 9.09. The lowest BCUT2D eigenvalue weighted by atomic mass is 10.1. The van der Waals surface area contributed by atoms with E-state index in [1.165, 1.54) is 12.1 Å². The van der Waals surface area contributed by atoms with E-state index in [1.807, 2.05) is 0 Å². The molecule has 0 unspecified atom stereocenters. The van der Waals surface area contributed by atoms with E-state index in [2.05, 4.69) is 15.9 Å². The van der Waals surface area contributed by atoms with E-state index in [0.717, 1.165) is 19.2 Å². The molecule has 0 aromatic heterocycles. The Labute approximate surface area is 156 Å². The SMILES string of the molecule is COCN(c1cccc(C(=O)CBr)c1F)S(=O)(=O)c1cc(F)ccc1F. The topological polar surface area (TPSA) is 63.7 Å². The van der Waals surface area contributed by atoms with Crippen LogP contribution in [0.2, 0.25) is 0 Å². The average Bonchev–Trinajstić information content (AvgIpc) is 2.61. The number of alkyl halides is 1. The standard InChI is InChI=1S/C16H13BrF3NO4S/c1-25-9-21(13-4-2-3-11(16(13)20)14(22)8-17)26(23,24)15-7-10(18)5-6-12(15)19/h2-7H,8-9H2,1H3. The van der Waals surface area contributed by atoms with Crippen LogP contribution in [0, 0.1) is 17.5 Å². The molecule has 0 spiro atoms. The first-order valence-electron chi connectivity index (χ1n) is 7.08. The normalized spacial score (nSPS) is 11.4. The maximum atomic E-state index is 14.7. The third kappa shape index (κ3) is 3.92. The molecule has 0 fully saturated rings. The second-order valence-corrected chi connectivity index (χ2v) is 7.43. The van der Waals surface area contributed by atoms with Gasteiger partial charge in [-0.15, -0.1) is 0 Å². The van der Waals surface area contributed by atoms with Crippen LogP contribution >= 0.6 is 15.9 Å². The lowest BCUT2D eigenvalue weighted by Crippen LogP contribution is -2.34. The maximum absolute atomic E-state index is 14.7. The summed E-state index contributed by atoms with van der Waals surface area (Å²) in [6.45, 7) is -0.679. The van der Waals surface area contributed by atoms with Gasteiger partial charge in [-0.25, -0.2) is 25.9 Å². The van der Waals surface area contributed by atoms with Crippen LogP contribution in [-0.4, -0.2) is 33.4 Å². The summed E-state index contributed by atoms with van der Waals surface area (Å²) >= 11 is 2.91. The molecule has 0 aliphatic rings. The second kappa shape index (κ2) is 8.19. The Hall–Kier alpha value is -1.91. The van der Waals surface area contributed by atoms with Gasteiger partial charge in [0, 0.05) is 7.11 Å². The molecule has 26 heavy (non-hydrogen) atoms. The number of nitrogens with zero attached hydrogens (tertiary/aromatic N) is 1. The number of hydrogen-bond acceptors (Lipinski definition) is 4. The Morgan fingerprint density at radius 3 is 2.50 bits per heavy atom. The number of rotatable bonds is 7. The third-order valence-electron chi connectivity index (χ3n) is 3.38. The Bertz CT molecular complexity index is 937. The average molecular weight is 452 g/mol. The fourth-order valence-electron chi connectivity index (χ4n) is 2.18. The number of ether oxygens (including phenoxy) is 1. The number of sulfonamides is 1. The first kappa shape index (κ1) is 20.4. The second-order valence-electron chi connectivity index (χ2n) is 5.04. The zero-order chi connectivity index (χ0) is 19.5. The van der Waals surface area contributed by atoms with Crippen LogP contribution in [-0.2, 0) is 14.8 Å². The molecule has 0 N–H and O–H groups in total. The minimum absolute atomic E-state index is 0.178.